The maximum atomic E-state index is 8.96. The van der Waals surface area contributed by atoms with E-state index in [-0.39, 0.29) is 6.61 Å². The van der Waals surface area contributed by atoms with Gasteiger partial charge in [-0.2, -0.15) is 5.26 Å². The second-order valence-electron chi connectivity index (χ2n) is 3.32. The first-order valence-electron chi connectivity index (χ1n) is 5.15. The van der Waals surface area contributed by atoms with E-state index in [1.165, 1.54) is 0 Å². The molecule has 0 unspecified atom stereocenters. The second kappa shape index (κ2) is 6.31. The SMILES string of the molecule is CCCN(CCO)c1nccc(C#N)c1Cl. The number of anilines is 1. The van der Waals surface area contributed by atoms with Crippen molar-refractivity contribution < 1.29 is 5.11 Å². The van der Waals surface area contributed by atoms with Crippen molar-refractivity contribution in [1.29, 1.82) is 5.26 Å². The van der Waals surface area contributed by atoms with Crippen LogP contribution in [0, 0.1) is 11.3 Å². The topological polar surface area (TPSA) is 60.1 Å². The second-order valence-corrected chi connectivity index (χ2v) is 3.70. The molecule has 0 atom stereocenters. The Morgan fingerprint density at radius 3 is 2.88 bits per heavy atom. The van der Waals surface area contributed by atoms with Crippen molar-refractivity contribution in [1.82, 2.24) is 4.98 Å². The van der Waals surface area contributed by atoms with Gasteiger partial charge in [0, 0.05) is 19.3 Å². The van der Waals surface area contributed by atoms with E-state index in [1.54, 1.807) is 12.3 Å². The molecule has 16 heavy (non-hydrogen) atoms. The molecule has 1 rings (SSSR count). The number of aliphatic hydroxyl groups excluding tert-OH is 1. The summed E-state index contributed by atoms with van der Waals surface area (Å²) in [6.07, 6.45) is 2.48. The summed E-state index contributed by atoms with van der Waals surface area (Å²) in [5.74, 6) is 0.566. The van der Waals surface area contributed by atoms with Crippen molar-refractivity contribution in [3.8, 4) is 6.07 Å². The van der Waals surface area contributed by atoms with Gasteiger partial charge in [-0.05, 0) is 12.5 Å². The number of aliphatic hydroxyl groups is 1. The molecule has 0 saturated carbocycles. The maximum Gasteiger partial charge on any atom is 0.148 e. The highest BCUT2D eigenvalue weighted by Crippen LogP contribution is 2.26. The molecule has 0 radical (unpaired) electrons. The summed E-state index contributed by atoms with van der Waals surface area (Å²) in [6, 6.07) is 3.59. The highest BCUT2D eigenvalue weighted by molar-refractivity contribution is 6.34. The molecular weight excluding hydrogens is 226 g/mol. The standard InChI is InChI=1S/C11H14ClN3O/c1-2-5-15(6-7-16)11-10(12)9(8-13)3-4-14-11/h3-4,16H,2,5-7H2,1H3. The lowest BCUT2D eigenvalue weighted by Gasteiger charge is -2.23. The summed E-state index contributed by atoms with van der Waals surface area (Å²) >= 11 is 6.07. The predicted octanol–water partition coefficient (Wildman–Crippen LogP) is 1.82. The Hall–Kier alpha value is -1.31. The number of rotatable bonds is 5. The molecule has 0 fully saturated rings. The lowest BCUT2D eigenvalue weighted by molar-refractivity contribution is 0.301. The van der Waals surface area contributed by atoms with Gasteiger partial charge < -0.3 is 10.0 Å². The zero-order valence-electron chi connectivity index (χ0n) is 9.15. The molecule has 1 heterocycles. The quantitative estimate of drug-likeness (QED) is 0.852. The first-order chi connectivity index (χ1) is 7.74. The molecule has 86 valence electrons. The van der Waals surface area contributed by atoms with Crippen LogP contribution in [0.5, 0.6) is 0 Å². The minimum Gasteiger partial charge on any atom is -0.395 e. The predicted molar refractivity (Wildman–Crippen MR) is 63.6 cm³/mol. The van der Waals surface area contributed by atoms with Crippen LogP contribution < -0.4 is 4.90 Å². The van der Waals surface area contributed by atoms with Crippen molar-refractivity contribution in [3.05, 3.63) is 22.8 Å². The van der Waals surface area contributed by atoms with Gasteiger partial charge in [-0.1, -0.05) is 18.5 Å². The Kier molecular flexibility index (Phi) is 5.03. The van der Waals surface area contributed by atoms with Crippen molar-refractivity contribution in [3.63, 3.8) is 0 Å². The van der Waals surface area contributed by atoms with E-state index >= 15 is 0 Å². The normalized spacial score (nSPS) is 9.88. The highest BCUT2D eigenvalue weighted by atomic mass is 35.5. The Morgan fingerprint density at radius 2 is 2.31 bits per heavy atom. The van der Waals surface area contributed by atoms with Crippen molar-refractivity contribution in [2.75, 3.05) is 24.6 Å². The first-order valence-corrected chi connectivity index (χ1v) is 5.52. The molecule has 1 N–H and O–H groups in total. The third kappa shape index (κ3) is 2.84. The first kappa shape index (κ1) is 12.8. The van der Waals surface area contributed by atoms with Crippen LogP contribution in [0.1, 0.15) is 18.9 Å². The monoisotopic (exact) mass is 239 g/mol. The molecule has 0 aromatic carbocycles. The molecular formula is C11H14ClN3O. The number of pyridine rings is 1. The molecule has 0 aliphatic carbocycles. The van der Waals surface area contributed by atoms with Gasteiger partial charge in [-0.25, -0.2) is 4.98 Å². The Bertz CT molecular complexity index is 383. The van der Waals surface area contributed by atoms with E-state index < -0.39 is 0 Å². The number of halogens is 1. The van der Waals surface area contributed by atoms with Crippen molar-refractivity contribution >= 4 is 17.4 Å². The van der Waals surface area contributed by atoms with Gasteiger partial charge in [0.15, 0.2) is 0 Å². The van der Waals surface area contributed by atoms with E-state index in [1.807, 2.05) is 17.9 Å². The summed E-state index contributed by atoms with van der Waals surface area (Å²) in [4.78, 5) is 6.03. The molecule has 1 aromatic rings. The number of hydrogen-bond acceptors (Lipinski definition) is 4. The van der Waals surface area contributed by atoms with Crippen LogP contribution in [-0.2, 0) is 0 Å². The van der Waals surface area contributed by atoms with Crippen LogP contribution in [0.2, 0.25) is 5.02 Å². The fraction of sp³-hybridized carbons (Fsp3) is 0.455. The number of nitriles is 1. The van der Waals surface area contributed by atoms with Gasteiger partial charge >= 0.3 is 0 Å². The third-order valence-corrected chi connectivity index (χ3v) is 2.53. The molecule has 0 spiro atoms. The van der Waals surface area contributed by atoms with Crippen molar-refractivity contribution in [2.45, 2.75) is 13.3 Å². The number of nitrogens with zero attached hydrogens (tertiary/aromatic N) is 3. The van der Waals surface area contributed by atoms with Crippen LogP contribution >= 0.6 is 11.6 Å². The Morgan fingerprint density at radius 1 is 1.56 bits per heavy atom. The van der Waals surface area contributed by atoms with E-state index in [4.69, 9.17) is 22.0 Å². The summed E-state index contributed by atoms with van der Waals surface area (Å²) in [7, 11) is 0. The van der Waals surface area contributed by atoms with Crippen LogP contribution in [0.3, 0.4) is 0 Å². The number of hydrogen-bond donors (Lipinski definition) is 1. The van der Waals surface area contributed by atoms with E-state index in [0.29, 0.717) is 22.9 Å². The summed E-state index contributed by atoms with van der Waals surface area (Å²) in [5, 5.41) is 18.2. The van der Waals surface area contributed by atoms with E-state index in [0.717, 1.165) is 13.0 Å². The Balaban J connectivity index is 3.04. The van der Waals surface area contributed by atoms with Crippen LogP contribution in [0.25, 0.3) is 0 Å². The number of aromatic nitrogens is 1. The van der Waals surface area contributed by atoms with Gasteiger partial charge in [0.2, 0.25) is 0 Å². The molecule has 5 heteroatoms. The zero-order chi connectivity index (χ0) is 12.0. The largest absolute Gasteiger partial charge is 0.395 e. The molecule has 0 aliphatic rings. The zero-order valence-corrected chi connectivity index (χ0v) is 9.91. The van der Waals surface area contributed by atoms with Crippen LogP contribution in [0.15, 0.2) is 12.3 Å². The fourth-order valence-corrected chi connectivity index (χ4v) is 1.73. The molecule has 0 bridgehead atoms. The molecule has 1 aromatic heterocycles. The minimum atomic E-state index is 0.0365. The molecule has 0 amide bonds. The lowest BCUT2D eigenvalue weighted by Crippen LogP contribution is -2.28. The molecule has 4 nitrogen and oxygen atoms in total. The molecule has 0 saturated heterocycles. The smallest absolute Gasteiger partial charge is 0.148 e. The fourth-order valence-electron chi connectivity index (χ4n) is 1.45. The van der Waals surface area contributed by atoms with Crippen LogP contribution in [0.4, 0.5) is 5.82 Å². The Labute approximate surface area is 100 Å². The minimum absolute atomic E-state index is 0.0365. The summed E-state index contributed by atoms with van der Waals surface area (Å²) < 4.78 is 0. The van der Waals surface area contributed by atoms with Gasteiger partial charge in [0.25, 0.3) is 0 Å². The van der Waals surface area contributed by atoms with Gasteiger partial charge in [-0.3, -0.25) is 0 Å². The molecule has 0 aliphatic heterocycles. The third-order valence-electron chi connectivity index (χ3n) is 2.15. The van der Waals surface area contributed by atoms with E-state index in [2.05, 4.69) is 4.98 Å². The maximum absolute atomic E-state index is 8.96. The van der Waals surface area contributed by atoms with Crippen LogP contribution in [-0.4, -0.2) is 29.8 Å². The average molecular weight is 240 g/mol. The summed E-state index contributed by atoms with van der Waals surface area (Å²) in [6.45, 7) is 3.29. The summed E-state index contributed by atoms with van der Waals surface area (Å²) in [5.41, 5.74) is 0.408. The van der Waals surface area contributed by atoms with Gasteiger partial charge in [-0.15, -0.1) is 0 Å². The van der Waals surface area contributed by atoms with Gasteiger partial charge in [0.05, 0.1) is 12.2 Å². The van der Waals surface area contributed by atoms with Crippen molar-refractivity contribution in [2.24, 2.45) is 0 Å². The highest BCUT2D eigenvalue weighted by Gasteiger charge is 2.13. The van der Waals surface area contributed by atoms with Gasteiger partial charge in [0.1, 0.15) is 16.9 Å². The van der Waals surface area contributed by atoms with E-state index in [9.17, 15) is 0 Å². The average Bonchev–Trinajstić information content (AvgIpc) is 2.29. The lowest BCUT2D eigenvalue weighted by atomic mass is 10.2.